The highest BCUT2D eigenvalue weighted by atomic mass is 19.4. The summed E-state index contributed by atoms with van der Waals surface area (Å²) in [4.78, 5) is 29.8. The zero-order chi connectivity index (χ0) is 31.7. The van der Waals surface area contributed by atoms with E-state index in [4.69, 9.17) is 4.42 Å². The Morgan fingerprint density at radius 2 is 1.58 bits per heavy atom. The summed E-state index contributed by atoms with van der Waals surface area (Å²) >= 11 is 0. The van der Waals surface area contributed by atoms with Gasteiger partial charge in [-0.1, -0.05) is 13.0 Å². The van der Waals surface area contributed by atoms with E-state index in [1.54, 1.807) is 5.32 Å². The van der Waals surface area contributed by atoms with Crippen LogP contribution in [0.1, 0.15) is 46.2 Å². The van der Waals surface area contributed by atoms with E-state index in [1.165, 1.54) is 32.2 Å². The number of rotatable bonds is 8. The van der Waals surface area contributed by atoms with Gasteiger partial charge in [-0.15, -0.1) is 0 Å². The lowest BCUT2D eigenvalue weighted by Gasteiger charge is -2.20. The molecule has 2 heterocycles. The zero-order valence-corrected chi connectivity index (χ0v) is 22.5. The Hall–Kier alpha value is -4.49. The van der Waals surface area contributed by atoms with Crippen molar-refractivity contribution in [2.24, 2.45) is 0 Å². The quantitative estimate of drug-likeness (QED) is 0.204. The van der Waals surface area contributed by atoms with Gasteiger partial charge in [0.1, 0.15) is 23.4 Å². The van der Waals surface area contributed by atoms with Crippen molar-refractivity contribution in [2.45, 2.75) is 44.6 Å². The Morgan fingerprint density at radius 1 is 0.930 bits per heavy atom. The van der Waals surface area contributed by atoms with Crippen molar-refractivity contribution in [3.63, 3.8) is 0 Å². The summed E-state index contributed by atoms with van der Waals surface area (Å²) in [7, 11) is 1.32. The fourth-order valence-corrected chi connectivity index (χ4v) is 4.43. The molecule has 14 heteroatoms. The maximum Gasteiger partial charge on any atom is 0.408 e. The molecule has 0 radical (unpaired) electrons. The van der Waals surface area contributed by atoms with Crippen molar-refractivity contribution in [2.75, 3.05) is 7.05 Å². The molecule has 0 aliphatic rings. The second-order valence-electron chi connectivity index (χ2n) is 9.51. The minimum Gasteiger partial charge on any atom is -0.437 e. The molecule has 0 fully saturated rings. The van der Waals surface area contributed by atoms with Gasteiger partial charge in [-0.2, -0.15) is 26.3 Å². The smallest absolute Gasteiger partial charge is 0.408 e. The predicted molar refractivity (Wildman–Crippen MR) is 140 cm³/mol. The molecule has 2 aromatic carbocycles. The van der Waals surface area contributed by atoms with Gasteiger partial charge in [-0.3, -0.25) is 9.59 Å². The van der Waals surface area contributed by atoms with Crippen LogP contribution in [0.2, 0.25) is 0 Å². The van der Waals surface area contributed by atoms with Crippen LogP contribution >= 0.6 is 0 Å². The molecule has 228 valence electrons. The highest BCUT2D eigenvalue weighted by Crippen LogP contribution is 2.38. The average Bonchev–Trinajstić information content (AvgIpc) is 3.31. The minimum atomic E-state index is -4.81. The number of hydrogen-bond acceptors (Lipinski definition) is 4. The first-order valence-corrected chi connectivity index (χ1v) is 12.8. The Morgan fingerprint density at radius 3 is 2.16 bits per heavy atom. The first-order valence-electron chi connectivity index (χ1n) is 12.8. The third-order valence-corrected chi connectivity index (χ3v) is 6.60. The van der Waals surface area contributed by atoms with E-state index < -0.39 is 66.7 Å². The predicted octanol–water partition coefficient (Wildman–Crippen LogP) is 7.37. The maximum atomic E-state index is 14.7. The molecular formula is C29H23F8N3O3. The molecule has 2 N–H and O–H groups in total. The Bertz CT molecular complexity index is 1660. The van der Waals surface area contributed by atoms with Gasteiger partial charge < -0.3 is 15.1 Å². The SMILES string of the molecule is CCC(NC(=O)c1cc(-c2cc3c(C(=O)NC)c(-c4ccc(F)cc4)oc3nc2CCC(F)(F)F)ccc1F)C(F)(F)F. The van der Waals surface area contributed by atoms with E-state index in [0.29, 0.717) is 0 Å². The zero-order valence-electron chi connectivity index (χ0n) is 22.5. The van der Waals surface area contributed by atoms with E-state index in [0.717, 1.165) is 30.3 Å². The second-order valence-corrected chi connectivity index (χ2v) is 9.51. The second kappa shape index (κ2) is 12.0. The Balaban J connectivity index is 1.92. The molecule has 2 aromatic heterocycles. The van der Waals surface area contributed by atoms with Crippen LogP contribution in [0.3, 0.4) is 0 Å². The first kappa shape index (κ1) is 31.4. The molecule has 6 nitrogen and oxygen atoms in total. The van der Waals surface area contributed by atoms with Gasteiger partial charge in [0.05, 0.1) is 22.2 Å². The summed E-state index contributed by atoms with van der Waals surface area (Å²) in [6.45, 7) is 1.17. The summed E-state index contributed by atoms with van der Waals surface area (Å²) in [5.74, 6) is -3.86. The molecule has 0 aliphatic carbocycles. The van der Waals surface area contributed by atoms with Gasteiger partial charge in [0, 0.05) is 24.6 Å². The molecule has 4 aromatic rings. The number of nitrogens with one attached hydrogen (secondary N) is 2. The number of amides is 2. The summed E-state index contributed by atoms with van der Waals surface area (Å²) in [5, 5.41) is 4.18. The van der Waals surface area contributed by atoms with E-state index in [9.17, 15) is 44.7 Å². The molecule has 1 unspecified atom stereocenters. The normalized spacial score (nSPS) is 12.8. The number of carbonyl (C=O) groups is 2. The summed E-state index contributed by atoms with van der Waals surface area (Å²) in [6.07, 6.45) is -12.0. The van der Waals surface area contributed by atoms with Gasteiger partial charge in [0.2, 0.25) is 5.71 Å². The van der Waals surface area contributed by atoms with Crippen molar-refractivity contribution in [1.29, 1.82) is 0 Å². The van der Waals surface area contributed by atoms with Crippen LogP contribution in [0.5, 0.6) is 0 Å². The van der Waals surface area contributed by atoms with E-state index in [2.05, 4.69) is 10.3 Å². The third kappa shape index (κ3) is 6.95. The lowest BCUT2D eigenvalue weighted by Crippen LogP contribution is -2.45. The van der Waals surface area contributed by atoms with E-state index >= 15 is 0 Å². The number of pyridine rings is 1. The monoisotopic (exact) mass is 613 g/mol. The summed E-state index contributed by atoms with van der Waals surface area (Å²) in [6, 6.07) is 6.66. The van der Waals surface area contributed by atoms with Gasteiger partial charge in [-0.25, -0.2) is 13.8 Å². The molecular weight excluding hydrogens is 590 g/mol. The average molecular weight is 614 g/mol. The van der Waals surface area contributed by atoms with Crippen LogP contribution in [-0.4, -0.2) is 42.2 Å². The third-order valence-electron chi connectivity index (χ3n) is 6.60. The Labute approximate surface area is 239 Å². The number of nitrogens with zero attached hydrogens (tertiary/aromatic N) is 1. The van der Waals surface area contributed by atoms with Gasteiger partial charge in [0.15, 0.2) is 0 Å². The minimum absolute atomic E-state index is 0.0304. The van der Waals surface area contributed by atoms with E-state index in [1.807, 2.05) is 0 Å². The van der Waals surface area contributed by atoms with Gasteiger partial charge in [-0.05, 0) is 60.9 Å². The highest BCUT2D eigenvalue weighted by Gasteiger charge is 2.39. The standard InChI is InChI=1S/C29H23F8N3O3/c1-3-22(29(35,36)37)40-25(41)18-12-15(6-9-20(18)31)17-13-19-23(26(42)38-2)24(14-4-7-16(30)8-5-14)43-27(19)39-21(17)10-11-28(32,33)34/h4-9,12-13,22H,3,10-11H2,1-2H3,(H,38,42)(H,40,41). The largest absolute Gasteiger partial charge is 0.437 e. The van der Waals surface area contributed by atoms with Crippen LogP contribution in [0.4, 0.5) is 35.1 Å². The summed E-state index contributed by atoms with van der Waals surface area (Å²) < 4.78 is 113. The van der Waals surface area contributed by atoms with Crippen molar-refractivity contribution >= 4 is 22.9 Å². The maximum absolute atomic E-state index is 14.7. The topological polar surface area (TPSA) is 84.2 Å². The van der Waals surface area contributed by atoms with Crippen molar-refractivity contribution in [3.05, 3.63) is 77.0 Å². The van der Waals surface area contributed by atoms with Crippen LogP contribution in [0, 0.1) is 11.6 Å². The molecule has 1 atom stereocenters. The molecule has 4 rings (SSSR count). The fourth-order valence-electron chi connectivity index (χ4n) is 4.43. The molecule has 0 saturated carbocycles. The number of furan rings is 1. The molecule has 0 saturated heterocycles. The number of alkyl halides is 6. The molecule has 2 amide bonds. The first-order chi connectivity index (χ1) is 20.1. The number of aromatic nitrogens is 1. The Kier molecular flexibility index (Phi) is 8.79. The van der Waals surface area contributed by atoms with Crippen LogP contribution in [0.25, 0.3) is 33.6 Å². The number of hydrogen-bond donors (Lipinski definition) is 2. The van der Waals surface area contributed by atoms with E-state index in [-0.39, 0.29) is 44.8 Å². The van der Waals surface area contributed by atoms with Crippen molar-refractivity contribution in [3.8, 4) is 22.5 Å². The molecule has 0 bridgehead atoms. The van der Waals surface area contributed by atoms with Gasteiger partial charge in [0.25, 0.3) is 11.8 Å². The molecule has 0 aliphatic heterocycles. The number of aryl methyl sites for hydroxylation is 1. The van der Waals surface area contributed by atoms with Crippen LogP contribution in [0.15, 0.2) is 52.9 Å². The lowest BCUT2D eigenvalue weighted by molar-refractivity contribution is -0.153. The summed E-state index contributed by atoms with van der Waals surface area (Å²) in [5.41, 5.74) is -1.14. The number of fused-ring (bicyclic) bond motifs is 1. The fraction of sp³-hybridized carbons (Fsp3) is 0.276. The van der Waals surface area contributed by atoms with Crippen molar-refractivity contribution in [1.82, 2.24) is 15.6 Å². The highest BCUT2D eigenvalue weighted by molar-refractivity contribution is 6.11. The van der Waals surface area contributed by atoms with Gasteiger partial charge >= 0.3 is 12.4 Å². The molecule has 43 heavy (non-hydrogen) atoms. The van der Waals surface area contributed by atoms with Crippen LogP contribution in [-0.2, 0) is 6.42 Å². The number of benzene rings is 2. The van der Waals surface area contributed by atoms with Crippen molar-refractivity contribution < 1.29 is 49.1 Å². The number of halogens is 8. The lowest BCUT2D eigenvalue weighted by atomic mass is 9.96. The number of carbonyl (C=O) groups excluding carboxylic acids is 2. The van der Waals surface area contributed by atoms with Crippen LogP contribution < -0.4 is 10.6 Å². The molecule has 0 spiro atoms.